The van der Waals surface area contributed by atoms with Gasteiger partial charge in [0.1, 0.15) is 11.5 Å². The molecule has 7 nitrogen and oxygen atoms in total. The summed E-state index contributed by atoms with van der Waals surface area (Å²) in [4.78, 5) is 25.8. The van der Waals surface area contributed by atoms with Crippen molar-refractivity contribution in [2.45, 2.75) is 39.3 Å². The molecule has 2 aliphatic heterocycles. The van der Waals surface area contributed by atoms with Crippen LogP contribution >= 0.6 is 0 Å². The van der Waals surface area contributed by atoms with Crippen molar-refractivity contribution in [2.75, 3.05) is 26.7 Å². The molecule has 1 fully saturated rings. The van der Waals surface area contributed by atoms with E-state index in [1.54, 1.807) is 13.3 Å². The topological polar surface area (TPSA) is 71.7 Å². The number of methoxy groups -OCH3 is 1. The number of pyridine rings is 1. The van der Waals surface area contributed by atoms with Crippen molar-refractivity contribution in [1.29, 1.82) is 0 Å². The maximum Gasteiger partial charge on any atom is 0.309 e. The number of nitrogens with zero attached hydrogens (tertiary/aromatic N) is 4. The van der Waals surface area contributed by atoms with Crippen LogP contribution in [0.25, 0.3) is 0 Å². The number of carbonyl (C=O) groups excluding carboxylic acids is 1. The lowest BCUT2D eigenvalue weighted by molar-refractivity contribution is 0.0640. The quantitative estimate of drug-likeness (QED) is 0.823. The van der Waals surface area contributed by atoms with Crippen LogP contribution < -0.4 is 4.74 Å². The van der Waals surface area contributed by atoms with Gasteiger partial charge in [-0.3, -0.25) is 14.7 Å². The number of aromatic nitrogens is 2. The predicted octanol–water partition coefficient (Wildman–Crippen LogP) is 2.51. The van der Waals surface area contributed by atoms with Crippen LogP contribution in [0.15, 0.2) is 22.7 Å². The lowest BCUT2D eigenvalue weighted by atomic mass is 10.0. The van der Waals surface area contributed by atoms with Gasteiger partial charge < -0.3 is 14.1 Å². The maximum absolute atomic E-state index is 12.7. The molecule has 1 atom stereocenters. The number of carbonyl (C=O) groups is 1. The molecule has 144 valence electrons. The highest BCUT2D eigenvalue weighted by Gasteiger charge is 2.29. The minimum atomic E-state index is -0.0701. The maximum atomic E-state index is 12.7. The molecule has 2 aromatic heterocycles. The first kappa shape index (κ1) is 18.0. The number of hydrogen-bond donors (Lipinski definition) is 0. The highest BCUT2D eigenvalue weighted by Crippen LogP contribution is 2.23. The minimum absolute atomic E-state index is 0.0701. The van der Waals surface area contributed by atoms with Crippen molar-refractivity contribution in [1.82, 2.24) is 19.8 Å². The number of likely N-dealkylation sites (tertiary alicyclic amines) is 1. The van der Waals surface area contributed by atoms with Crippen molar-refractivity contribution in [3.63, 3.8) is 0 Å². The molecule has 0 aliphatic carbocycles. The Kier molecular flexibility index (Phi) is 5.11. The number of hydrogen-bond acceptors (Lipinski definition) is 6. The highest BCUT2D eigenvalue weighted by atomic mass is 16.5. The van der Waals surface area contributed by atoms with Gasteiger partial charge in [0, 0.05) is 39.1 Å². The van der Waals surface area contributed by atoms with Crippen LogP contribution in [0.3, 0.4) is 0 Å². The fourth-order valence-electron chi connectivity index (χ4n) is 3.84. The molecule has 27 heavy (non-hydrogen) atoms. The lowest BCUT2D eigenvalue weighted by Gasteiger charge is -2.29. The molecule has 4 heterocycles. The Balaban J connectivity index is 1.41. The molecule has 0 aromatic carbocycles. The summed E-state index contributed by atoms with van der Waals surface area (Å²) in [6, 6.07) is 3.90. The van der Waals surface area contributed by atoms with Gasteiger partial charge in [-0.15, -0.1) is 0 Å². The molecule has 1 saturated heterocycles. The van der Waals surface area contributed by atoms with E-state index < -0.39 is 0 Å². The van der Waals surface area contributed by atoms with Crippen LogP contribution in [0.5, 0.6) is 5.75 Å². The van der Waals surface area contributed by atoms with E-state index >= 15 is 0 Å². The van der Waals surface area contributed by atoms with Crippen LogP contribution in [-0.4, -0.2) is 52.4 Å². The van der Waals surface area contributed by atoms with Crippen molar-refractivity contribution in [3.8, 4) is 5.75 Å². The van der Waals surface area contributed by atoms with E-state index in [9.17, 15) is 4.79 Å². The van der Waals surface area contributed by atoms with Gasteiger partial charge in [0.15, 0.2) is 0 Å². The molecule has 0 N–H and O–H groups in total. The predicted molar refractivity (Wildman–Crippen MR) is 99.4 cm³/mol. The summed E-state index contributed by atoms with van der Waals surface area (Å²) in [5, 5.41) is 0. The zero-order valence-corrected chi connectivity index (χ0v) is 16.0. The smallest absolute Gasteiger partial charge is 0.309 e. The average molecular weight is 370 g/mol. The third-order valence-corrected chi connectivity index (χ3v) is 5.35. The summed E-state index contributed by atoms with van der Waals surface area (Å²) in [6.07, 6.45) is 4.73. The molecular formula is C20H26N4O3. The van der Waals surface area contributed by atoms with Crippen LogP contribution in [0, 0.1) is 5.92 Å². The normalized spacial score (nSPS) is 20.4. The Labute approximate surface area is 159 Å². The first-order chi connectivity index (χ1) is 13.1. The zero-order chi connectivity index (χ0) is 18.8. The number of rotatable bonds is 4. The number of fused-ring (bicyclic) bond motifs is 1. The van der Waals surface area contributed by atoms with Gasteiger partial charge in [-0.1, -0.05) is 6.92 Å². The number of oxazole rings is 1. The molecular weight excluding hydrogens is 344 g/mol. The van der Waals surface area contributed by atoms with Gasteiger partial charge in [-0.05, 0) is 30.9 Å². The number of amides is 1. The minimum Gasteiger partial charge on any atom is -0.495 e. The SMILES string of the molecule is COc1ccc(CN2CCc3oc(C(=O)N4CCCC(C)C4)nc3C2)nc1. The average Bonchev–Trinajstić information content (AvgIpc) is 3.11. The third-order valence-electron chi connectivity index (χ3n) is 5.35. The van der Waals surface area contributed by atoms with Crippen molar-refractivity contribution >= 4 is 5.91 Å². The van der Waals surface area contributed by atoms with Gasteiger partial charge >= 0.3 is 5.91 Å². The first-order valence-electron chi connectivity index (χ1n) is 9.61. The van der Waals surface area contributed by atoms with E-state index in [2.05, 4.69) is 21.8 Å². The Morgan fingerprint density at radius 2 is 2.26 bits per heavy atom. The summed E-state index contributed by atoms with van der Waals surface area (Å²) in [5.41, 5.74) is 1.87. The number of ether oxygens (including phenoxy) is 1. The van der Waals surface area contributed by atoms with E-state index in [4.69, 9.17) is 9.15 Å². The molecule has 1 amide bonds. The van der Waals surface area contributed by atoms with Gasteiger partial charge in [0.2, 0.25) is 0 Å². The van der Waals surface area contributed by atoms with E-state index in [1.165, 1.54) is 6.42 Å². The Hall–Kier alpha value is -2.41. The first-order valence-corrected chi connectivity index (χ1v) is 9.61. The van der Waals surface area contributed by atoms with E-state index in [-0.39, 0.29) is 11.8 Å². The second kappa shape index (κ2) is 7.68. The van der Waals surface area contributed by atoms with Gasteiger partial charge in [0.05, 0.1) is 24.7 Å². The number of piperidine rings is 1. The van der Waals surface area contributed by atoms with Gasteiger partial charge in [-0.25, -0.2) is 4.98 Å². The molecule has 1 unspecified atom stereocenters. The summed E-state index contributed by atoms with van der Waals surface area (Å²) in [6.45, 7) is 6.06. The summed E-state index contributed by atoms with van der Waals surface area (Å²) in [7, 11) is 1.64. The Bertz CT molecular complexity index is 802. The van der Waals surface area contributed by atoms with E-state index in [0.717, 1.165) is 61.9 Å². The van der Waals surface area contributed by atoms with Gasteiger partial charge in [-0.2, -0.15) is 0 Å². The van der Waals surface area contributed by atoms with Crippen LogP contribution in [0.4, 0.5) is 0 Å². The molecule has 4 rings (SSSR count). The highest BCUT2D eigenvalue weighted by molar-refractivity contribution is 5.89. The van der Waals surface area contributed by atoms with Crippen LogP contribution in [-0.2, 0) is 19.5 Å². The van der Waals surface area contributed by atoms with Crippen LogP contribution in [0.1, 0.15) is 47.6 Å². The van der Waals surface area contributed by atoms with Crippen molar-refractivity contribution < 1.29 is 13.9 Å². The second-order valence-corrected chi connectivity index (χ2v) is 7.54. The van der Waals surface area contributed by atoms with Crippen molar-refractivity contribution in [2.24, 2.45) is 5.92 Å². The molecule has 2 aliphatic rings. The monoisotopic (exact) mass is 370 g/mol. The lowest BCUT2D eigenvalue weighted by Crippen LogP contribution is -2.39. The van der Waals surface area contributed by atoms with Crippen LogP contribution in [0.2, 0.25) is 0 Å². The molecule has 0 saturated carbocycles. The van der Waals surface area contributed by atoms with Gasteiger partial charge in [0.25, 0.3) is 5.89 Å². The third kappa shape index (κ3) is 3.98. The molecule has 2 aromatic rings. The van der Waals surface area contributed by atoms with E-state index in [1.807, 2.05) is 17.0 Å². The zero-order valence-electron chi connectivity index (χ0n) is 16.0. The fraction of sp³-hybridized carbons (Fsp3) is 0.550. The fourth-order valence-corrected chi connectivity index (χ4v) is 3.84. The standard InChI is InChI=1S/C20H26N4O3/c1-14-4-3-8-24(11-14)20(25)19-22-17-13-23(9-7-18(17)27-19)12-15-5-6-16(26-2)10-21-15/h5-6,10,14H,3-4,7-9,11-13H2,1-2H3. The molecule has 0 bridgehead atoms. The Morgan fingerprint density at radius 1 is 1.37 bits per heavy atom. The van der Waals surface area contributed by atoms with Crippen molar-refractivity contribution in [3.05, 3.63) is 41.4 Å². The molecule has 0 radical (unpaired) electrons. The molecule has 7 heteroatoms. The summed E-state index contributed by atoms with van der Waals surface area (Å²) >= 11 is 0. The van der Waals surface area contributed by atoms with E-state index in [0.29, 0.717) is 12.5 Å². The summed E-state index contributed by atoms with van der Waals surface area (Å²) in [5.74, 6) is 2.33. The summed E-state index contributed by atoms with van der Waals surface area (Å²) < 4.78 is 11.0. The molecule has 0 spiro atoms. The largest absolute Gasteiger partial charge is 0.495 e. The second-order valence-electron chi connectivity index (χ2n) is 7.54. The Morgan fingerprint density at radius 3 is 3.00 bits per heavy atom.